The van der Waals surface area contributed by atoms with E-state index in [2.05, 4.69) is 29.6 Å². The Morgan fingerprint density at radius 2 is 1.67 bits per heavy atom. The minimum absolute atomic E-state index is 0.0109. The van der Waals surface area contributed by atoms with E-state index in [9.17, 15) is 9.59 Å². The minimum Gasteiger partial charge on any atom is -0.481 e. The van der Waals surface area contributed by atoms with E-state index in [1.165, 1.54) is 11.1 Å². The quantitative estimate of drug-likeness (QED) is 0.807. The fourth-order valence-electron chi connectivity index (χ4n) is 3.99. The van der Waals surface area contributed by atoms with Crippen LogP contribution in [-0.2, 0) is 9.53 Å². The lowest BCUT2D eigenvalue weighted by Gasteiger charge is -2.23. The molecular weight excluding hydrogens is 342 g/mol. The summed E-state index contributed by atoms with van der Waals surface area (Å²) in [6.07, 6.45) is 4.00. The molecule has 4 rings (SSSR count). The summed E-state index contributed by atoms with van der Waals surface area (Å²) in [4.78, 5) is 23.4. The lowest BCUT2D eigenvalue weighted by Crippen LogP contribution is -2.38. The Balaban J connectivity index is 1.42. The molecule has 2 atom stereocenters. The molecule has 1 amide bonds. The van der Waals surface area contributed by atoms with Gasteiger partial charge >= 0.3 is 12.1 Å². The number of fused-ring (bicyclic) bond motifs is 3. The Kier molecular flexibility index (Phi) is 4.67. The highest BCUT2D eigenvalue weighted by molar-refractivity contribution is 5.79. The smallest absolute Gasteiger partial charge is 0.407 e. The van der Waals surface area contributed by atoms with Gasteiger partial charge in [0.25, 0.3) is 0 Å². The van der Waals surface area contributed by atoms with Crippen molar-refractivity contribution >= 4 is 12.1 Å². The molecule has 2 aliphatic carbocycles. The summed E-state index contributed by atoms with van der Waals surface area (Å²) >= 11 is 0. The highest BCUT2D eigenvalue weighted by Crippen LogP contribution is 2.44. The Morgan fingerprint density at radius 1 is 1.04 bits per heavy atom. The summed E-state index contributed by atoms with van der Waals surface area (Å²) in [5.41, 5.74) is 4.69. The van der Waals surface area contributed by atoms with E-state index in [1.807, 2.05) is 30.3 Å². The number of alkyl carbamates (subject to hydrolysis) is 1. The lowest BCUT2D eigenvalue weighted by molar-refractivity contribution is -0.142. The number of rotatable bonds is 4. The zero-order chi connectivity index (χ0) is 18.8. The maximum Gasteiger partial charge on any atom is 0.407 e. The van der Waals surface area contributed by atoms with Gasteiger partial charge in [-0.05, 0) is 35.1 Å². The molecule has 2 aliphatic rings. The van der Waals surface area contributed by atoms with Crippen LogP contribution < -0.4 is 5.32 Å². The monoisotopic (exact) mass is 363 g/mol. The molecule has 2 aromatic rings. The topological polar surface area (TPSA) is 75.6 Å². The van der Waals surface area contributed by atoms with Gasteiger partial charge < -0.3 is 15.2 Å². The fourth-order valence-corrected chi connectivity index (χ4v) is 3.99. The van der Waals surface area contributed by atoms with Crippen molar-refractivity contribution in [2.45, 2.75) is 24.8 Å². The van der Waals surface area contributed by atoms with Crippen molar-refractivity contribution in [3.8, 4) is 11.1 Å². The molecule has 0 spiro atoms. The van der Waals surface area contributed by atoms with Crippen LogP contribution in [0.1, 0.15) is 29.9 Å². The second-order valence-electron chi connectivity index (χ2n) is 7.01. The standard InChI is InChI=1S/C22H21NO4/c24-21(25)14-6-5-7-15(12-14)23-22(26)27-13-20-18-10-3-1-8-16(18)17-9-2-4-11-19(17)20/h1-5,7-11,14-15,20H,6,12-13H2,(H,23,26)(H,24,25)/t14-,15+/m1/s1. The Hall–Kier alpha value is -3.08. The van der Waals surface area contributed by atoms with Gasteiger partial charge in [0.15, 0.2) is 0 Å². The van der Waals surface area contributed by atoms with Gasteiger partial charge in [0.05, 0.1) is 12.0 Å². The number of allylic oxidation sites excluding steroid dienone is 1. The predicted octanol–water partition coefficient (Wildman–Crippen LogP) is 3.94. The lowest BCUT2D eigenvalue weighted by atomic mass is 9.91. The molecule has 5 nitrogen and oxygen atoms in total. The highest BCUT2D eigenvalue weighted by atomic mass is 16.5. The molecule has 2 N–H and O–H groups in total. The van der Waals surface area contributed by atoms with Crippen LogP contribution in [0.3, 0.4) is 0 Å². The Labute approximate surface area is 157 Å². The summed E-state index contributed by atoms with van der Waals surface area (Å²) in [5, 5.41) is 11.9. The van der Waals surface area contributed by atoms with E-state index in [4.69, 9.17) is 9.84 Å². The first-order valence-electron chi connectivity index (χ1n) is 9.14. The number of aliphatic carboxylic acids is 1. The molecule has 27 heavy (non-hydrogen) atoms. The van der Waals surface area contributed by atoms with Crippen LogP contribution in [0.25, 0.3) is 11.1 Å². The predicted molar refractivity (Wildman–Crippen MR) is 101 cm³/mol. The molecule has 138 valence electrons. The van der Waals surface area contributed by atoms with Gasteiger partial charge in [-0.25, -0.2) is 4.79 Å². The van der Waals surface area contributed by atoms with Gasteiger partial charge in [-0.15, -0.1) is 0 Å². The largest absolute Gasteiger partial charge is 0.481 e. The van der Waals surface area contributed by atoms with Crippen LogP contribution in [0.4, 0.5) is 4.79 Å². The molecule has 0 heterocycles. The zero-order valence-corrected chi connectivity index (χ0v) is 14.8. The Morgan fingerprint density at radius 3 is 2.30 bits per heavy atom. The molecule has 0 aromatic heterocycles. The number of carbonyl (C=O) groups excluding carboxylic acids is 1. The van der Waals surface area contributed by atoms with Gasteiger partial charge in [0, 0.05) is 5.92 Å². The summed E-state index contributed by atoms with van der Waals surface area (Å²) in [6.45, 7) is 0.249. The summed E-state index contributed by atoms with van der Waals surface area (Å²) in [5.74, 6) is -1.29. The number of nitrogens with one attached hydrogen (secondary N) is 1. The maximum atomic E-state index is 12.3. The number of hydrogen-bond donors (Lipinski definition) is 2. The molecule has 0 radical (unpaired) electrons. The van der Waals surface area contributed by atoms with Crippen molar-refractivity contribution < 1.29 is 19.4 Å². The fraction of sp³-hybridized carbons (Fsp3) is 0.273. The third-order valence-electron chi connectivity index (χ3n) is 5.32. The Bertz CT molecular complexity index is 859. The third kappa shape index (κ3) is 3.45. The number of carbonyl (C=O) groups is 2. The van der Waals surface area contributed by atoms with Crippen LogP contribution in [0.5, 0.6) is 0 Å². The molecule has 0 fully saturated rings. The molecule has 2 aromatic carbocycles. The molecule has 0 saturated carbocycles. The first-order valence-corrected chi connectivity index (χ1v) is 9.14. The highest BCUT2D eigenvalue weighted by Gasteiger charge is 2.30. The molecule has 0 unspecified atom stereocenters. The minimum atomic E-state index is -0.835. The van der Waals surface area contributed by atoms with Gasteiger partial charge in [-0.3, -0.25) is 4.79 Å². The van der Waals surface area contributed by atoms with E-state index in [1.54, 1.807) is 6.08 Å². The van der Waals surface area contributed by atoms with Crippen LogP contribution in [-0.4, -0.2) is 29.8 Å². The van der Waals surface area contributed by atoms with Crippen LogP contribution in [0.15, 0.2) is 60.7 Å². The van der Waals surface area contributed by atoms with Crippen molar-refractivity contribution in [1.82, 2.24) is 5.32 Å². The van der Waals surface area contributed by atoms with E-state index in [-0.39, 0.29) is 18.6 Å². The van der Waals surface area contributed by atoms with Crippen molar-refractivity contribution in [3.63, 3.8) is 0 Å². The first kappa shape index (κ1) is 17.3. The average molecular weight is 363 g/mol. The van der Waals surface area contributed by atoms with Crippen LogP contribution in [0.2, 0.25) is 0 Å². The van der Waals surface area contributed by atoms with Gasteiger partial charge in [0.2, 0.25) is 0 Å². The second-order valence-corrected chi connectivity index (χ2v) is 7.01. The normalized spacial score (nSPS) is 20.6. The summed E-state index contributed by atoms with van der Waals surface area (Å²) in [6, 6.07) is 16.0. The van der Waals surface area contributed by atoms with E-state index >= 15 is 0 Å². The first-order chi connectivity index (χ1) is 13.1. The molecule has 0 saturated heterocycles. The van der Waals surface area contributed by atoms with Gasteiger partial charge in [-0.2, -0.15) is 0 Å². The number of amides is 1. The molecule has 0 aliphatic heterocycles. The maximum absolute atomic E-state index is 12.3. The summed E-state index contributed by atoms with van der Waals surface area (Å²) < 4.78 is 5.51. The third-order valence-corrected chi connectivity index (χ3v) is 5.32. The number of benzene rings is 2. The van der Waals surface area contributed by atoms with Gasteiger partial charge in [0.1, 0.15) is 6.61 Å². The van der Waals surface area contributed by atoms with E-state index in [0.717, 1.165) is 11.1 Å². The molecule has 0 bridgehead atoms. The number of carboxylic acid groups (broad SMARTS) is 1. The van der Waals surface area contributed by atoms with E-state index < -0.39 is 18.0 Å². The van der Waals surface area contributed by atoms with Crippen LogP contribution >= 0.6 is 0 Å². The van der Waals surface area contributed by atoms with Crippen molar-refractivity contribution in [3.05, 3.63) is 71.8 Å². The second kappa shape index (κ2) is 7.27. The zero-order valence-electron chi connectivity index (χ0n) is 14.8. The van der Waals surface area contributed by atoms with Gasteiger partial charge in [-0.1, -0.05) is 60.7 Å². The molecule has 5 heteroatoms. The number of ether oxygens (including phenoxy) is 1. The van der Waals surface area contributed by atoms with E-state index in [0.29, 0.717) is 12.8 Å². The SMILES string of the molecule is O=C(N[C@H]1C=CC[C@@H](C(=O)O)C1)OCC1c2ccccc2-c2ccccc21. The van der Waals surface area contributed by atoms with Crippen molar-refractivity contribution in [1.29, 1.82) is 0 Å². The number of hydrogen-bond acceptors (Lipinski definition) is 3. The van der Waals surface area contributed by atoms with Crippen LogP contribution in [0, 0.1) is 5.92 Å². The summed E-state index contributed by atoms with van der Waals surface area (Å²) in [7, 11) is 0. The van der Waals surface area contributed by atoms with Crippen molar-refractivity contribution in [2.24, 2.45) is 5.92 Å². The molecular formula is C22H21NO4. The van der Waals surface area contributed by atoms with Crippen molar-refractivity contribution in [2.75, 3.05) is 6.61 Å². The number of carboxylic acids is 1. The average Bonchev–Trinajstić information content (AvgIpc) is 3.00.